The van der Waals surface area contributed by atoms with Crippen molar-refractivity contribution in [2.75, 3.05) is 0 Å². The average Bonchev–Trinajstić information content (AvgIpc) is 1.75. The molecule has 0 nitrogen and oxygen atoms in total. The summed E-state index contributed by atoms with van der Waals surface area (Å²) in [6.07, 6.45) is 3.90. The van der Waals surface area contributed by atoms with E-state index in [0.29, 0.717) is 0 Å². The summed E-state index contributed by atoms with van der Waals surface area (Å²) in [4.78, 5) is 0. The zero-order valence-corrected chi connectivity index (χ0v) is 3.72. The lowest BCUT2D eigenvalue weighted by atomic mass is 10.1. The van der Waals surface area contributed by atoms with E-state index in [1.54, 1.807) is 0 Å². The van der Waals surface area contributed by atoms with Crippen LogP contribution in [0.25, 0.3) is 0 Å². The van der Waals surface area contributed by atoms with Crippen molar-refractivity contribution in [3.8, 4) is 0 Å². The third-order valence-electron chi connectivity index (χ3n) is 0.622. The van der Waals surface area contributed by atoms with Crippen LogP contribution >= 0.6 is 9.12 Å². The Bertz CT molecular complexity index is 25.2. The summed E-state index contributed by atoms with van der Waals surface area (Å²) in [6, 6.07) is 0. The molecule has 0 aromatic carbocycles. The SMILES string of the molecule is PB1CC1. The Hall–Kier alpha value is 0.495. The van der Waals surface area contributed by atoms with Crippen LogP contribution in [0.3, 0.4) is 0 Å². The highest BCUT2D eigenvalue weighted by Crippen LogP contribution is 2.26. The zero-order valence-electron chi connectivity index (χ0n) is 2.57. The van der Waals surface area contributed by atoms with Crippen LogP contribution in [0.1, 0.15) is 0 Å². The molecule has 1 fully saturated rings. The highest BCUT2D eigenvalue weighted by Gasteiger charge is 2.18. The smallest absolute Gasteiger partial charge is 0.162 e. The minimum Gasteiger partial charge on any atom is -0.171 e. The molecule has 2 heteroatoms. The van der Waals surface area contributed by atoms with Gasteiger partial charge in [-0.2, -0.15) is 9.12 Å². The first kappa shape index (κ1) is 2.72. The number of hydrogen-bond acceptors (Lipinski definition) is 0. The molecule has 0 amide bonds. The lowest BCUT2D eigenvalue weighted by Gasteiger charge is -1.46. The second-order valence-electron chi connectivity index (χ2n) is 1.34. The van der Waals surface area contributed by atoms with Crippen LogP contribution in [-0.2, 0) is 0 Å². The first-order valence-corrected chi connectivity index (χ1v) is 2.32. The van der Waals surface area contributed by atoms with Gasteiger partial charge in [0.1, 0.15) is 0 Å². The summed E-state index contributed by atoms with van der Waals surface area (Å²) in [5.74, 6) is 0. The second kappa shape index (κ2) is 0.720. The van der Waals surface area contributed by atoms with E-state index in [0.717, 1.165) is 6.43 Å². The van der Waals surface area contributed by atoms with Gasteiger partial charge in [-0.05, 0) is 0 Å². The molecule has 0 saturated carbocycles. The summed E-state index contributed by atoms with van der Waals surface area (Å²) >= 11 is 0. The van der Waals surface area contributed by atoms with Gasteiger partial charge in [-0.15, -0.1) is 0 Å². The van der Waals surface area contributed by atoms with Crippen LogP contribution in [0.4, 0.5) is 0 Å². The first-order chi connectivity index (χ1) is 1.89. The highest BCUT2D eigenvalue weighted by atomic mass is 31.0. The molecular weight excluding hydrogens is 65.8 g/mol. The molecule has 0 bridgehead atoms. The van der Waals surface area contributed by atoms with Gasteiger partial charge in [0.05, 0.1) is 0 Å². The van der Waals surface area contributed by atoms with Gasteiger partial charge in [-0.25, -0.2) is 0 Å². The molecule has 22 valence electrons. The molecule has 4 heavy (non-hydrogen) atoms. The molecule has 0 aromatic rings. The fourth-order valence-corrected chi connectivity index (χ4v) is 0.289. The van der Waals surface area contributed by atoms with E-state index in [1.807, 2.05) is 0 Å². The molecule has 0 aliphatic carbocycles. The summed E-state index contributed by atoms with van der Waals surface area (Å²) in [6.45, 7) is 0. The summed E-state index contributed by atoms with van der Waals surface area (Å²) in [5.41, 5.74) is 0. The topological polar surface area (TPSA) is 0 Å². The number of rotatable bonds is 0. The fraction of sp³-hybridized carbons (Fsp3) is 1.00. The number of hydrogen-bond donors (Lipinski definition) is 0. The second-order valence-corrected chi connectivity index (χ2v) is 2.28. The van der Waals surface area contributed by atoms with Crippen LogP contribution in [-0.4, -0.2) is 6.43 Å². The zero-order chi connectivity index (χ0) is 2.99. The van der Waals surface area contributed by atoms with Gasteiger partial charge in [0, 0.05) is 0 Å². The molecular formula is C2H6BP. The summed E-state index contributed by atoms with van der Waals surface area (Å²) < 4.78 is 0. The molecule has 0 radical (unpaired) electrons. The lowest BCUT2D eigenvalue weighted by molar-refractivity contribution is 1.69. The Balaban J connectivity index is 2.17. The van der Waals surface area contributed by atoms with E-state index in [1.165, 1.54) is 12.6 Å². The molecule has 0 spiro atoms. The van der Waals surface area contributed by atoms with Crippen molar-refractivity contribution in [2.45, 2.75) is 12.6 Å². The van der Waals surface area contributed by atoms with Gasteiger partial charge >= 0.3 is 0 Å². The van der Waals surface area contributed by atoms with Crippen molar-refractivity contribution in [3.63, 3.8) is 0 Å². The van der Waals surface area contributed by atoms with Crippen LogP contribution < -0.4 is 0 Å². The Morgan fingerprint density at radius 3 is 1.75 bits per heavy atom. The van der Waals surface area contributed by atoms with Crippen LogP contribution in [0, 0.1) is 0 Å². The van der Waals surface area contributed by atoms with Gasteiger partial charge < -0.3 is 0 Å². The van der Waals surface area contributed by atoms with Crippen molar-refractivity contribution in [1.82, 2.24) is 0 Å². The van der Waals surface area contributed by atoms with E-state index in [-0.39, 0.29) is 0 Å². The van der Waals surface area contributed by atoms with Crippen molar-refractivity contribution in [3.05, 3.63) is 0 Å². The minimum absolute atomic E-state index is 1.00. The quantitative estimate of drug-likeness (QED) is 0.294. The third-order valence-corrected chi connectivity index (χ3v) is 1.29. The van der Waals surface area contributed by atoms with E-state index in [2.05, 4.69) is 9.12 Å². The van der Waals surface area contributed by atoms with Crippen molar-refractivity contribution in [1.29, 1.82) is 0 Å². The maximum atomic E-state index is 2.77. The normalized spacial score (nSPS) is 21.8. The molecule has 1 aliphatic heterocycles. The molecule has 1 saturated heterocycles. The average molecular weight is 71.9 g/mol. The maximum Gasteiger partial charge on any atom is 0.162 e. The fourth-order valence-electron chi connectivity index (χ4n) is 0.0962. The van der Waals surface area contributed by atoms with Crippen molar-refractivity contribution in [2.24, 2.45) is 0 Å². The van der Waals surface area contributed by atoms with E-state index in [9.17, 15) is 0 Å². The molecule has 1 unspecified atom stereocenters. The van der Waals surface area contributed by atoms with E-state index < -0.39 is 0 Å². The maximum absolute atomic E-state index is 2.77. The van der Waals surface area contributed by atoms with E-state index in [4.69, 9.17) is 0 Å². The van der Waals surface area contributed by atoms with Crippen molar-refractivity contribution < 1.29 is 0 Å². The monoisotopic (exact) mass is 72.0 g/mol. The lowest BCUT2D eigenvalue weighted by Crippen LogP contribution is -1.53. The summed E-state index contributed by atoms with van der Waals surface area (Å²) in [5, 5.41) is 0. The van der Waals surface area contributed by atoms with Gasteiger partial charge in [-0.1, -0.05) is 12.6 Å². The van der Waals surface area contributed by atoms with Gasteiger partial charge in [0.15, 0.2) is 6.43 Å². The van der Waals surface area contributed by atoms with Gasteiger partial charge in [-0.3, -0.25) is 0 Å². The molecule has 1 atom stereocenters. The highest BCUT2D eigenvalue weighted by molar-refractivity contribution is 7.64. The summed E-state index contributed by atoms with van der Waals surface area (Å²) in [7, 11) is 2.77. The Morgan fingerprint density at radius 1 is 1.50 bits per heavy atom. The minimum atomic E-state index is 1.00. The molecule has 1 aliphatic rings. The predicted molar refractivity (Wildman–Crippen MR) is 25.1 cm³/mol. The third kappa shape index (κ3) is 0.456. The van der Waals surface area contributed by atoms with Crippen LogP contribution in [0.15, 0.2) is 0 Å². The van der Waals surface area contributed by atoms with Crippen LogP contribution in [0.5, 0.6) is 0 Å². The Morgan fingerprint density at radius 2 is 1.75 bits per heavy atom. The van der Waals surface area contributed by atoms with Gasteiger partial charge in [0.25, 0.3) is 0 Å². The first-order valence-electron chi connectivity index (χ1n) is 1.65. The molecule has 1 rings (SSSR count). The predicted octanol–water partition coefficient (Wildman–Crippen LogP) is 0.867. The largest absolute Gasteiger partial charge is 0.171 e. The standard InChI is InChI=1S/C2H6BP/c4-3-1-2-3/h1-2,4H2. The molecule has 0 N–H and O–H groups in total. The van der Waals surface area contributed by atoms with Crippen LogP contribution in [0.2, 0.25) is 12.6 Å². The van der Waals surface area contributed by atoms with Gasteiger partial charge in [0.2, 0.25) is 0 Å². The van der Waals surface area contributed by atoms with Crippen molar-refractivity contribution >= 4 is 15.6 Å². The Labute approximate surface area is 29.2 Å². The Kier molecular flexibility index (Phi) is 0.489. The van der Waals surface area contributed by atoms with E-state index >= 15 is 0 Å². The molecule has 1 heterocycles. The molecule has 0 aromatic heterocycles.